The lowest BCUT2D eigenvalue weighted by molar-refractivity contribution is -0.117. The second-order valence-electron chi connectivity index (χ2n) is 4.70. The first-order chi connectivity index (χ1) is 9.43. The third kappa shape index (κ3) is 2.98. The first kappa shape index (κ1) is 14.5. The highest BCUT2D eigenvalue weighted by molar-refractivity contribution is 7.16. The van der Waals surface area contributed by atoms with Crippen LogP contribution in [0.5, 0.6) is 0 Å². The molecule has 0 spiro atoms. The first-order valence-electron chi connectivity index (χ1n) is 6.24. The zero-order valence-electron chi connectivity index (χ0n) is 11.5. The number of hydrogen-bond acceptors (Lipinski definition) is 5. The minimum atomic E-state index is -0.822. The van der Waals surface area contributed by atoms with E-state index in [1.807, 2.05) is 6.92 Å². The lowest BCUT2D eigenvalue weighted by Gasteiger charge is -2.07. The highest BCUT2D eigenvalue weighted by Crippen LogP contribution is 2.35. The van der Waals surface area contributed by atoms with Gasteiger partial charge < -0.3 is 10.1 Å². The van der Waals surface area contributed by atoms with Crippen LogP contribution in [0.3, 0.4) is 0 Å². The number of rotatable bonds is 3. The number of aryl methyl sites for hydroxylation is 1. The van der Waals surface area contributed by atoms with Gasteiger partial charge in [-0.2, -0.15) is 0 Å². The zero-order valence-corrected chi connectivity index (χ0v) is 12.3. The summed E-state index contributed by atoms with van der Waals surface area (Å²) < 4.78 is 4.40. The summed E-state index contributed by atoms with van der Waals surface area (Å²) in [5.41, 5.74) is 1.08. The Morgan fingerprint density at radius 2 is 1.90 bits per heavy atom. The van der Waals surface area contributed by atoms with Gasteiger partial charge in [0, 0.05) is 10.8 Å². The predicted octanol–water partition coefficient (Wildman–Crippen LogP) is 2.21. The predicted molar refractivity (Wildman–Crippen MR) is 75.0 cm³/mol. The molecule has 3 amide bonds. The molecule has 6 nitrogen and oxygen atoms in total. The molecular formula is C13H16N2O4S. The first-order valence-corrected chi connectivity index (χ1v) is 7.05. The summed E-state index contributed by atoms with van der Waals surface area (Å²) >= 11 is 1.33. The lowest BCUT2D eigenvalue weighted by Crippen LogP contribution is -2.31. The number of carbonyl (C=O) groups is 3. The summed E-state index contributed by atoms with van der Waals surface area (Å²) in [5.74, 6) is -0.586. The molecule has 20 heavy (non-hydrogen) atoms. The van der Waals surface area contributed by atoms with Crippen LogP contribution in [0.1, 0.15) is 33.6 Å². The second kappa shape index (κ2) is 5.62. The van der Waals surface area contributed by atoms with Crippen LogP contribution in [-0.2, 0) is 9.53 Å². The molecule has 0 unspecified atom stereocenters. The van der Waals surface area contributed by atoms with E-state index >= 15 is 0 Å². The lowest BCUT2D eigenvalue weighted by atomic mass is 10.1. The monoisotopic (exact) mass is 296 g/mol. The molecule has 1 aromatic rings. The number of carbonyl (C=O) groups excluding carboxylic acids is 3. The summed E-state index contributed by atoms with van der Waals surface area (Å²) in [6.45, 7) is 3.65. The zero-order chi connectivity index (χ0) is 14.9. The standard InChI is InChI=1S/C13H16N2O4S/c1-6-7(2)20-12(14-10(16)8-4-5-8)9(6)11(17)15-13(18)19-3/h8H,4-5H2,1-3H3,(H,14,16)(H,15,17,18). The third-order valence-electron chi connectivity index (χ3n) is 3.20. The molecule has 1 aliphatic rings. The van der Waals surface area contributed by atoms with Crippen molar-refractivity contribution < 1.29 is 19.1 Å². The number of hydrogen-bond donors (Lipinski definition) is 2. The van der Waals surface area contributed by atoms with Crippen LogP contribution in [0.25, 0.3) is 0 Å². The number of anilines is 1. The fourth-order valence-electron chi connectivity index (χ4n) is 1.75. The molecule has 1 aromatic heterocycles. The molecular weight excluding hydrogens is 280 g/mol. The van der Waals surface area contributed by atoms with Crippen LogP contribution in [0, 0.1) is 19.8 Å². The SMILES string of the molecule is COC(=O)NC(=O)c1c(NC(=O)C2CC2)sc(C)c1C. The number of nitrogens with one attached hydrogen (secondary N) is 2. The van der Waals surface area contributed by atoms with Crippen LogP contribution in [0.4, 0.5) is 9.80 Å². The Morgan fingerprint density at radius 3 is 2.45 bits per heavy atom. The molecule has 0 aromatic carbocycles. The average Bonchev–Trinajstić information content (AvgIpc) is 3.18. The summed E-state index contributed by atoms with van der Waals surface area (Å²) in [4.78, 5) is 35.9. The van der Waals surface area contributed by atoms with E-state index in [9.17, 15) is 14.4 Å². The topological polar surface area (TPSA) is 84.5 Å². The number of imide groups is 1. The molecule has 0 aliphatic heterocycles. The highest BCUT2D eigenvalue weighted by Gasteiger charge is 2.31. The minimum Gasteiger partial charge on any atom is -0.453 e. The Labute approximate surface area is 120 Å². The van der Waals surface area contributed by atoms with Crippen molar-refractivity contribution in [3.8, 4) is 0 Å². The Kier molecular flexibility index (Phi) is 4.08. The van der Waals surface area contributed by atoms with Crippen LogP contribution in [-0.4, -0.2) is 25.0 Å². The van der Waals surface area contributed by atoms with E-state index in [2.05, 4.69) is 15.4 Å². The normalized spacial score (nSPS) is 13.8. The molecule has 7 heteroatoms. The van der Waals surface area contributed by atoms with Crippen molar-refractivity contribution in [2.24, 2.45) is 5.92 Å². The molecule has 1 fully saturated rings. The maximum Gasteiger partial charge on any atom is 0.413 e. The Bertz CT molecular complexity index is 575. The fraction of sp³-hybridized carbons (Fsp3) is 0.462. The van der Waals surface area contributed by atoms with E-state index in [-0.39, 0.29) is 11.8 Å². The molecule has 2 N–H and O–H groups in total. The van der Waals surface area contributed by atoms with Crippen molar-refractivity contribution in [2.75, 3.05) is 12.4 Å². The summed E-state index contributed by atoms with van der Waals surface area (Å²) in [6.07, 6.45) is 0.954. The van der Waals surface area contributed by atoms with Crippen molar-refractivity contribution in [3.05, 3.63) is 16.0 Å². The average molecular weight is 296 g/mol. The van der Waals surface area contributed by atoms with Crippen molar-refractivity contribution in [1.29, 1.82) is 0 Å². The number of thiophene rings is 1. The fourth-order valence-corrected chi connectivity index (χ4v) is 2.81. The minimum absolute atomic E-state index is 0.0502. The van der Waals surface area contributed by atoms with E-state index in [1.54, 1.807) is 6.92 Å². The maximum absolute atomic E-state index is 12.1. The van der Waals surface area contributed by atoms with Gasteiger partial charge in [0.15, 0.2) is 0 Å². The Hall–Kier alpha value is -1.89. The van der Waals surface area contributed by atoms with Gasteiger partial charge in [0.1, 0.15) is 5.00 Å². The van der Waals surface area contributed by atoms with E-state index < -0.39 is 12.0 Å². The van der Waals surface area contributed by atoms with Gasteiger partial charge in [0.2, 0.25) is 5.91 Å². The second-order valence-corrected chi connectivity index (χ2v) is 5.92. The summed E-state index contributed by atoms with van der Waals surface area (Å²) in [6, 6.07) is 0. The number of methoxy groups -OCH3 is 1. The molecule has 0 atom stereocenters. The van der Waals surface area contributed by atoms with Gasteiger partial charge in [-0.15, -0.1) is 11.3 Å². The summed E-state index contributed by atoms with van der Waals surface area (Å²) in [7, 11) is 1.18. The van der Waals surface area contributed by atoms with Crippen LogP contribution < -0.4 is 10.6 Å². The van der Waals surface area contributed by atoms with Crippen molar-refractivity contribution in [3.63, 3.8) is 0 Å². The van der Waals surface area contributed by atoms with Crippen LogP contribution in [0.15, 0.2) is 0 Å². The van der Waals surface area contributed by atoms with Crippen molar-refractivity contribution in [2.45, 2.75) is 26.7 Å². The van der Waals surface area contributed by atoms with E-state index in [1.165, 1.54) is 18.4 Å². The highest BCUT2D eigenvalue weighted by atomic mass is 32.1. The van der Waals surface area contributed by atoms with E-state index in [0.717, 1.165) is 23.3 Å². The molecule has 1 saturated carbocycles. The van der Waals surface area contributed by atoms with Gasteiger partial charge in [-0.25, -0.2) is 4.79 Å². The molecule has 0 bridgehead atoms. The van der Waals surface area contributed by atoms with Crippen molar-refractivity contribution in [1.82, 2.24) is 5.32 Å². The van der Waals surface area contributed by atoms with Crippen LogP contribution in [0.2, 0.25) is 0 Å². The molecule has 108 valence electrons. The molecule has 0 saturated heterocycles. The number of amides is 3. The van der Waals surface area contributed by atoms with Gasteiger partial charge in [0.05, 0.1) is 12.7 Å². The van der Waals surface area contributed by atoms with Gasteiger partial charge in [-0.05, 0) is 32.3 Å². The Balaban J connectivity index is 2.23. The van der Waals surface area contributed by atoms with Gasteiger partial charge in [-0.1, -0.05) is 0 Å². The van der Waals surface area contributed by atoms with Gasteiger partial charge in [-0.3, -0.25) is 14.9 Å². The number of ether oxygens (including phenoxy) is 1. The molecule has 1 aliphatic carbocycles. The Morgan fingerprint density at radius 1 is 1.25 bits per heavy atom. The molecule has 0 radical (unpaired) electrons. The van der Waals surface area contributed by atoms with E-state index in [4.69, 9.17) is 0 Å². The summed E-state index contributed by atoms with van der Waals surface area (Å²) in [5, 5.41) is 5.37. The quantitative estimate of drug-likeness (QED) is 0.895. The van der Waals surface area contributed by atoms with E-state index in [0.29, 0.717) is 10.6 Å². The number of alkyl carbamates (subject to hydrolysis) is 1. The molecule has 1 heterocycles. The van der Waals surface area contributed by atoms with Gasteiger partial charge in [0.25, 0.3) is 5.91 Å². The maximum atomic E-state index is 12.1. The van der Waals surface area contributed by atoms with Crippen molar-refractivity contribution >= 4 is 34.2 Å². The smallest absolute Gasteiger partial charge is 0.413 e. The van der Waals surface area contributed by atoms with Crippen LogP contribution >= 0.6 is 11.3 Å². The molecule has 2 rings (SSSR count). The van der Waals surface area contributed by atoms with Gasteiger partial charge >= 0.3 is 6.09 Å². The third-order valence-corrected chi connectivity index (χ3v) is 4.32. The largest absolute Gasteiger partial charge is 0.453 e.